The van der Waals surface area contributed by atoms with Gasteiger partial charge < -0.3 is 15.6 Å². The van der Waals surface area contributed by atoms with Gasteiger partial charge >= 0.3 is 0 Å². The van der Waals surface area contributed by atoms with Gasteiger partial charge in [-0.15, -0.1) is 0 Å². The molecule has 0 aliphatic carbocycles. The van der Waals surface area contributed by atoms with Crippen molar-refractivity contribution in [1.82, 2.24) is 25.4 Å². The Balaban J connectivity index is 1.89. The molecule has 1 unspecified atom stereocenters. The maximum Gasteiger partial charge on any atom is 0.240 e. The second-order valence-corrected chi connectivity index (χ2v) is 6.50. The molecule has 8 nitrogen and oxygen atoms in total. The highest BCUT2D eigenvalue weighted by Crippen LogP contribution is 2.16. The van der Waals surface area contributed by atoms with Crippen LogP contribution in [-0.4, -0.2) is 38.1 Å². The second kappa shape index (κ2) is 7.96. The first-order chi connectivity index (χ1) is 11.4. The summed E-state index contributed by atoms with van der Waals surface area (Å²) in [6.07, 6.45) is 4.65. The van der Waals surface area contributed by atoms with Gasteiger partial charge in [0.05, 0.1) is 0 Å². The Kier molecular flexibility index (Phi) is 5.97. The van der Waals surface area contributed by atoms with E-state index in [-0.39, 0.29) is 12.3 Å². The molecule has 0 spiro atoms. The van der Waals surface area contributed by atoms with E-state index in [1.807, 2.05) is 6.92 Å². The number of hydrogen-bond acceptors (Lipinski definition) is 7. The van der Waals surface area contributed by atoms with Crippen LogP contribution in [0, 0.1) is 5.92 Å². The Morgan fingerprint density at radius 2 is 2.04 bits per heavy atom. The molecule has 1 atom stereocenters. The maximum atomic E-state index is 12.2. The topological polar surface area (TPSA) is 120 Å². The van der Waals surface area contributed by atoms with Gasteiger partial charge in [-0.1, -0.05) is 19.0 Å². The van der Waals surface area contributed by atoms with E-state index in [1.54, 1.807) is 18.5 Å². The molecule has 3 N–H and O–H groups in total. The smallest absolute Gasteiger partial charge is 0.240 e. The zero-order chi connectivity index (χ0) is 17.6. The molecule has 0 radical (unpaired) electrons. The summed E-state index contributed by atoms with van der Waals surface area (Å²) >= 11 is 0. The van der Waals surface area contributed by atoms with Crippen molar-refractivity contribution in [2.75, 3.05) is 6.54 Å². The Bertz CT molecular complexity index is 658. The monoisotopic (exact) mass is 332 g/mol. The third-order valence-electron chi connectivity index (χ3n) is 3.55. The molecule has 0 saturated carbocycles. The lowest BCUT2D eigenvalue weighted by molar-refractivity contribution is -0.123. The molecule has 2 aromatic heterocycles. The van der Waals surface area contributed by atoms with Gasteiger partial charge in [-0.05, 0) is 25.3 Å². The first-order valence-corrected chi connectivity index (χ1v) is 8.03. The fourth-order valence-electron chi connectivity index (χ4n) is 2.57. The minimum absolute atomic E-state index is 0.0840. The highest BCUT2D eigenvalue weighted by atomic mass is 16.5. The highest BCUT2D eigenvalue weighted by molar-refractivity contribution is 5.76. The van der Waals surface area contributed by atoms with Gasteiger partial charge in [0, 0.05) is 37.3 Å². The van der Waals surface area contributed by atoms with E-state index in [9.17, 15) is 4.79 Å². The molecule has 0 aromatic carbocycles. The third kappa shape index (κ3) is 5.09. The van der Waals surface area contributed by atoms with Crippen molar-refractivity contribution in [2.45, 2.75) is 45.6 Å². The van der Waals surface area contributed by atoms with E-state index in [0.29, 0.717) is 36.4 Å². The molecule has 0 bridgehead atoms. The molecule has 2 aromatic rings. The summed E-state index contributed by atoms with van der Waals surface area (Å²) < 4.78 is 5.14. The van der Waals surface area contributed by atoms with Crippen molar-refractivity contribution < 1.29 is 9.32 Å². The maximum absolute atomic E-state index is 12.2. The van der Waals surface area contributed by atoms with Gasteiger partial charge in [0.15, 0.2) is 0 Å². The molecular formula is C16H24N6O2. The van der Waals surface area contributed by atoms with Crippen LogP contribution in [0.5, 0.6) is 0 Å². The van der Waals surface area contributed by atoms with Crippen LogP contribution in [0.1, 0.15) is 39.5 Å². The number of amides is 1. The molecule has 0 aliphatic rings. The van der Waals surface area contributed by atoms with Crippen molar-refractivity contribution in [1.29, 1.82) is 0 Å². The number of rotatable bonds is 8. The predicted molar refractivity (Wildman–Crippen MR) is 88.7 cm³/mol. The molecule has 0 fully saturated rings. The summed E-state index contributed by atoms with van der Waals surface area (Å²) in [7, 11) is 0. The first-order valence-electron chi connectivity index (χ1n) is 8.03. The number of nitrogens with two attached hydrogens (primary N) is 1. The van der Waals surface area contributed by atoms with Gasteiger partial charge in [0.2, 0.25) is 23.4 Å². The van der Waals surface area contributed by atoms with Gasteiger partial charge in [-0.25, -0.2) is 9.97 Å². The average Bonchev–Trinajstić information content (AvgIpc) is 3.02. The van der Waals surface area contributed by atoms with Crippen LogP contribution in [0.2, 0.25) is 0 Å². The molecule has 24 heavy (non-hydrogen) atoms. The Morgan fingerprint density at radius 3 is 2.67 bits per heavy atom. The minimum Gasteiger partial charge on any atom is -0.350 e. The molecule has 8 heteroatoms. The third-order valence-corrected chi connectivity index (χ3v) is 3.55. The van der Waals surface area contributed by atoms with Crippen LogP contribution in [0.15, 0.2) is 23.0 Å². The normalized spacial score (nSPS) is 13.7. The number of carbonyl (C=O) groups is 1. The highest BCUT2D eigenvalue weighted by Gasteiger charge is 2.25. The number of nitrogens with one attached hydrogen (secondary N) is 1. The summed E-state index contributed by atoms with van der Waals surface area (Å²) in [6.45, 7) is 6.56. The van der Waals surface area contributed by atoms with Crippen molar-refractivity contribution in [3.63, 3.8) is 0 Å². The number of nitrogens with zero attached hydrogens (tertiary/aromatic N) is 4. The van der Waals surface area contributed by atoms with Crippen molar-refractivity contribution in [2.24, 2.45) is 11.7 Å². The molecule has 0 saturated heterocycles. The predicted octanol–water partition coefficient (Wildman–Crippen LogP) is 1.34. The summed E-state index contributed by atoms with van der Waals surface area (Å²) in [5.74, 6) is 1.45. The average molecular weight is 332 g/mol. The second-order valence-electron chi connectivity index (χ2n) is 6.50. The standard InChI is InChI=1S/C16H24N6O2/c1-11(2)9-16(3,10-17)21-12(23)5-6-13-20-15(22-24-13)14-18-7-4-8-19-14/h4,7-8,11H,5-6,9-10,17H2,1-3H3,(H,21,23). The fourth-order valence-corrected chi connectivity index (χ4v) is 2.57. The van der Waals surface area contributed by atoms with E-state index in [0.717, 1.165) is 6.42 Å². The van der Waals surface area contributed by atoms with Crippen LogP contribution >= 0.6 is 0 Å². The van der Waals surface area contributed by atoms with E-state index in [2.05, 4.69) is 39.3 Å². The Labute approximate surface area is 141 Å². The van der Waals surface area contributed by atoms with Crippen molar-refractivity contribution in [3.8, 4) is 11.6 Å². The molecule has 2 heterocycles. The summed E-state index contributed by atoms with van der Waals surface area (Å²) in [6, 6.07) is 1.71. The summed E-state index contributed by atoms with van der Waals surface area (Å²) in [5, 5.41) is 6.84. The van der Waals surface area contributed by atoms with E-state index >= 15 is 0 Å². The quantitative estimate of drug-likeness (QED) is 0.748. The lowest BCUT2D eigenvalue weighted by Gasteiger charge is -2.31. The number of aryl methyl sites for hydroxylation is 1. The number of carbonyl (C=O) groups excluding carboxylic acids is 1. The van der Waals surface area contributed by atoms with Crippen LogP contribution in [0.4, 0.5) is 0 Å². The van der Waals surface area contributed by atoms with E-state index < -0.39 is 5.54 Å². The zero-order valence-corrected chi connectivity index (χ0v) is 14.3. The number of hydrogen-bond donors (Lipinski definition) is 2. The SMILES string of the molecule is CC(C)CC(C)(CN)NC(=O)CCc1nc(-c2ncccn2)no1. The molecule has 0 aliphatic heterocycles. The Hall–Kier alpha value is -2.35. The minimum atomic E-state index is -0.400. The molecule has 1 amide bonds. The van der Waals surface area contributed by atoms with Gasteiger partial charge in [0.1, 0.15) is 0 Å². The van der Waals surface area contributed by atoms with Crippen molar-refractivity contribution in [3.05, 3.63) is 24.4 Å². The lowest BCUT2D eigenvalue weighted by Crippen LogP contribution is -2.52. The van der Waals surface area contributed by atoms with Crippen LogP contribution < -0.4 is 11.1 Å². The molecular weight excluding hydrogens is 308 g/mol. The summed E-state index contributed by atoms with van der Waals surface area (Å²) in [4.78, 5) is 24.5. The van der Waals surface area contributed by atoms with Crippen LogP contribution in [-0.2, 0) is 11.2 Å². The zero-order valence-electron chi connectivity index (χ0n) is 14.3. The fraction of sp³-hybridized carbons (Fsp3) is 0.562. The van der Waals surface area contributed by atoms with Crippen molar-refractivity contribution >= 4 is 5.91 Å². The number of aromatic nitrogens is 4. The van der Waals surface area contributed by atoms with Gasteiger partial charge in [-0.3, -0.25) is 4.79 Å². The van der Waals surface area contributed by atoms with E-state index in [1.165, 1.54) is 0 Å². The largest absolute Gasteiger partial charge is 0.350 e. The summed E-state index contributed by atoms with van der Waals surface area (Å²) in [5.41, 5.74) is 5.41. The van der Waals surface area contributed by atoms with Crippen LogP contribution in [0.3, 0.4) is 0 Å². The molecule has 130 valence electrons. The lowest BCUT2D eigenvalue weighted by atomic mass is 9.90. The first kappa shape index (κ1) is 18.0. The molecule has 2 rings (SSSR count). The van der Waals surface area contributed by atoms with Gasteiger partial charge in [-0.2, -0.15) is 4.98 Å². The van der Waals surface area contributed by atoms with Crippen LogP contribution in [0.25, 0.3) is 11.6 Å². The Morgan fingerprint density at radius 1 is 1.33 bits per heavy atom. The van der Waals surface area contributed by atoms with E-state index in [4.69, 9.17) is 10.3 Å². The van der Waals surface area contributed by atoms with Gasteiger partial charge in [0.25, 0.3) is 0 Å².